The highest BCUT2D eigenvalue weighted by Crippen LogP contribution is 2.37. The van der Waals surface area contributed by atoms with Crippen LogP contribution in [0.5, 0.6) is 11.5 Å². The van der Waals surface area contributed by atoms with Gasteiger partial charge in [0, 0.05) is 10.6 Å². The predicted octanol–water partition coefficient (Wildman–Crippen LogP) is 3.93. The molecule has 0 aliphatic carbocycles. The van der Waals surface area contributed by atoms with Crippen LogP contribution in [0.2, 0.25) is 5.02 Å². The Morgan fingerprint density at radius 2 is 1.87 bits per heavy atom. The first-order valence-corrected chi connectivity index (χ1v) is 9.19. The molecule has 0 spiro atoms. The van der Waals surface area contributed by atoms with Gasteiger partial charge in [-0.2, -0.15) is 0 Å². The number of ether oxygens (including phenoxy) is 3. The lowest BCUT2D eigenvalue weighted by Gasteiger charge is -2.19. The molecular formula is C22H19ClN2O5. The second kappa shape index (κ2) is 9.35. The number of hydrogen-bond donors (Lipinski definition) is 1. The number of carbonyl (C=O) groups excluding carboxylic acids is 1. The summed E-state index contributed by atoms with van der Waals surface area (Å²) in [5, 5.41) is 4.36. The molecule has 1 amide bonds. The average molecular weight is 427 g/mol. The SMILES string of the molecule is C#CC(OC(C(N)=O)c1ccc(Cl)cc1)c1oncc1-c1ccc(OC)c(OC)c1. The number of primary amides is 1. The van der Waals surface area contributed by atoms with Crippen molar-refractivity contribution in [1.82, 2.24) is 5.16 Å². The van der Waals surface area contributed by atoms with E-state index in [0.29, 0.717) is 27.6 Å². The molecule has 3 aromatic rings. The Labute approximate surface area is 178 Å². The van der Waals surface area contributed by atoms with Crippen molar-refractivity contribution < 1.29 is 23.5 Å². The summed E-state index contributed by atoms with van der Waals surface area (Å²) in [6.45, 7) is 0. The Morgan fingerprint density at radius 1 is 1.17 bits per heavy atom. The van der Waals surface area contributed by atoms with E-state index in [4.69, 9.17) is 42.5 Å². The van der Waals surface area contributed by atoms with Crippen LogP contribution >= 0.6 is 11.6 Å². The van der Waals surface area contributed by atoms with Gasteiger partial charge in [-0.15, -0.1) is 6.42 Å². The van der Waals surface area contributed by atoms with Gasteiger partial charge >= 0.3 is 0 Å². The minimum Gasteiger partial charge on any atom is -0.493 e. The fraction of sp³-hybridized carbons (Fsp3) is 0.182. The van der Waals surface area contributed by atoms with E-state index < -0.39 is 18.1 Å². The summed E-state index contributed by atoms with van der Waals surface area (Å²) in [4.78, 5) is 12.0. The van der Waals surface area contributed by atoms with Crippen LogP contribution in [0.15, 0.2) is 53.2 Å². The van der Waals surface area contributed by atoms with Gasteiger partial charge in [-0.3, -0.25) is 4.79 Å². The summed E-state index contributed by atoms with van der Waals surface area (Å²) < 4.78 is 21.8. The van der Waals surface area contributed by atoms with Crippen LogP contribution in [-0.2, 0) is 9.53 Å². The lowest BCUT2D eigenvalue weighted by molar-refractivity contribution is -0.132. The summed E-state index contributed by atoms with van der Waals surface area (Å²) in [5.74, 6) is 3.13. The molecule has 1 heterocycles. The summed E-state index contributed by atoms with van der Waals surface area (Å²) in [6.07, 6.45) is 5.06. The van der Waals surface area contributed by atoms with Crippen LogP contribution in [0.1, 0.15) is 23.5 Å². The van der Waals surface area contributed by atoms with Gasteiger partial charge < -0.3 is 24.5 Å². The summed E-state index contributed by atoms with van der Waals surface area (Å²) in [6, 6.07) is 11.8. The zero-order valence-corrected chi connectivity index (χ0v) is 17.1. The van der Waals surface area contributed by atoms with Gasteiger partial charge in [-0.05, 0) is 35.4 Å². The molecule has 0 aliphatic rings. The molecule has 0 bridgehead atoms. The van der Waals surface area contributed by atoms with Crippen LogP contribution in [-0.4, -0.2) is 25.3 Å². The third kappa shape index (κ3) is 4.40. The molecule has 8 heteroatoms. The van der Waals surface area contributed by atoms with Gasteiger partial charge in [0.15, 0.2) is 29.5 Å². The Balaban J connectivity index is 1.95. The lowest BCUT2D eigenvalue weighted by atomic mass is 10.0. The molecule has 2 aromatic carbocycles. The summed E-state index contributed by atoms with van der Waals surface area (Å²) >= 11 is 5.91. The van der Waals surface area contributed by atoms with Crippen LogP contribution in [0.3, 0.4) is 0 Å². The molecule has 2 unspecified atom stereocenters. The largest absolute Gasteiger partial charge is 0.493 e. The van der Waals surface area contributed by atoms with E-state index in [0.717, 1.165) is 5.56 Å². The standard InChI is InChI=1S/C22H19ClN2O5/c1-4-17(29-20(22(24)26)13-5-8-15(23)9-6-13)21-16(12-25-30-21)14-7-10-18(27-2)19(11-14)28-3/h1,5-12,17,20H,2-3H3,(H2,24,26). The first-order valence-electron chi connectivity index (χ1n) is 8.81. The minimum atomic E-state index is -1.10. The number of nitrogens with zero attached hydrogens (tertiary/aromatic N) is 1. The van der Waals surface area contributed by atoms with Crippen LogP contribution in [0, 0.1) is 12.3 Å². The van der Waals surface area contributed by atoms with Gasteiger partial charge in [0.2, 0.25) is 0 Å². The number of methoxy groups -OCH3 is 2. The van der Waals surface area contributed by atoms with Crippen molar-refractivity contribution in [3.05, 3.63) is 65.0 Å². The fourth-order valence-corrected chi connectivity index (χ4v) is 3.04. The molecule has 2 N–H and O–H groups in total. The lowest BCUT2D eigenvalue weighted by Crippen LogP contribution is -2.25. The van der Waals surface area contributed by atoms with Crippen molar-refractivity contribution in [3.8, 4) is 35.0 Å². The Kier molecular flexibility index (Phi) is 6.62. The number of benzene rings is 2. The van der Waals surface area contributed by atoms with Crippen LogP contribution in [0.4, 0.5) is 0 Å². The number of aromatic nitrogens is 1. The van der Waals surface area contributed by atoms with E-state index in [1.807, 2.05) is 0 Å². The highest BCUT2D eigenvalue weighted by Gasteiger charge is 2.28. The van der Waals surface area contributed by atoms with Gasteiger partial charge in [-0.25, -0.2) is 0 Å². The number of hydrogen-bond acceptors (Lipinski definition) is 6. The normalized spacial score (nSPS) is 12.6. The third-order valence-corrected chi connectivity index (χ3v) is 4.64. The summed E-state index contributed by atoms with van der Waals surface area (Å²) in [7, 11) is 3.08. The van der Waals surface area contributed by atoms with Gasteiger partial charge in [0.25, 0.3) is 5.91 Å². The zero-order chi connectivity index (χ0) is 21.7. The van der Waals surface area contributed by atoms with E-state index >= 15 is 0 Å². The molecule has 0 aliphatic heterocycles. The molecule has 0 radical (unpaired) electrons. The first kappa shape index (κ1) is 21.2. The Bertz CT molecular complexity index is 1070. The number of nitrogens with two attached hydrogens (primary N) is 1. The van der Waals surface area contributed by atoms with E-state index in [9.17, 15) is 4.79 Å². The van der Waals surface area contributed by atoms with Crippen molar-refractivity contribution in [1.29, 1.82) is 0 Å². The smallest absolute Gasteiger partial charge is 0.251 e. The average Bonchev–Trinajstić information content (AvgIpc) is 3.24. The Morgan fingerprint density at radius 3 is 2.47 bits per heavy atom. The van der Waals surface area contributed by atoms with Crippen molar-refractivity contribution >= 4 is 17.5 Å². The highest BCUT2D eigenvalue weighted by molar-refractivity contribution is 6.30. The van der Waals surface area contributed by atoms with E-state index in [1.165, 1.54) is 13.3 Å². The molecular weight excluding hydrogens is 408 g/mol. The molecule has 0 saturated carbocycles. The topological polar surface area (TPSA) is 96.8 Å². The predicted molar refractivity (Wildman–Crippen MR) is 111 cm³/mol. The molecule has 0 saturated heterocycles. The maximum absolute atomic E-state index is 12.0. The maximum atomic E-state index is 12.0. The molecule has 30 heavy (non-hydrogen) atoms. The quantitative estimate of drug-likeness (QED) is 0.548. The van der Waals surface area contributed by atoms with Crippen molar-refractivity contribution in [3.63, 3.8) is 0 Å². The first-order chi connectivity index (χ1) is 14.5. The summed E-state index contributed by atoms with van der Waals surface area (Å²) in [5.41, 5.74) is 7.35. The van der Waals surface area contributed by atoms with Gasteiger partial charge in [-0.1, -0.05) is 40.9 Å². The monoisotopic (exact) mass is 426 g/mol. The van der Waals surface area contributed by atoms with Crippen LogP contribution in [0.25, 0.3) is 11.1 Å². The van der Waals surface area contributed by atoms with Gasteiger partial charge in [0.1, 0.15) is 0 Å². The fourth-order valence-electron chi connectivity index (χ4n) is 2.92. The van der Waals surface area contributed by atoms with Crippen molar-refractivity contribution in [2.45, 2.75) is 12.2 Å². The van der Waals surface area contributed by atoms with Crippen molar-refractivity contribution in [2.24, 2.45) is 5.73 Å². The van der Waals surface area contributed by atoms with Crippen molar-refractivity contribution in [2.75, 3.05) is 14.2 Å². The molecule has 0 fully saturated rings. The van der Waals surface area contributed by atoms with E-state index in [-0.39, 0.29) is 5.76 Å². The number of terminal acetylenes is 1. The highest BCUT2D eigenvalue weighted by atomic mass is 35.5. The molecule has 3 rings (SSSR count). The number of rotatable bonds is 8. The number of amides is 1. The van der Waals surface area contributed by atoms with E-state index in [1.54, 1.807) is 49.6 Å². The van der Waals surface area contributed by atoms with Gasteiger partial charge in [0.05, 0.1) is 20.4 Å². The third-order valence-electron chi connectivity index (χ3n) is 4.39. The maximum Gasteiger partial charge on any atom is 0.251 e. The zero-order valence-electron chi connectivity index (χ0n) is 16.3. The number of carbonyl (C=O) groups is 1. The molecule has 1 aromatic heterocycles. The van der Waals surface area contributed by atoms with Crippen LogP contribution < -0.4 is 15.2 Å². The number of halogens is 1. The Hall–Kier alpha value is -3.47. The molecule has 2 atom stereocenters. The molecule has 7 nitrogen and oxygen atoms in total. The molecule has 154 valence electrons. The second-order valence-corrected chi connectivity index (χ2v) is 6.63. The second-order valence-electron chi connectivity index (χ2n) is 6.19. The minimum absolute atomic E-state index is 0.255. The van der Waals surface area contributed by atoms with E-state index in [2.05, 4.69) is 11.1 Å².